The minimum atomic E-state index is 0.811. The van der Waals surface area contributed by atoms with Crippen LogP contribution in [-0.4, -0.2) is 19.7 Å². The minimum absolute atomic E-state index is 0.811. The van der Waals surface area contributed by atoms with Gasteiger partial charge in [0.2, 0.25) is 0 Å². The monoisotopic (exact) mass is 466 g/mol. The normalized spacial score (nSPS) is 13.5. The Bertz CT molecular complexity index is 1170. The molecule has 0 radical (unpaired) electrons. The van der Waals surface area contributed by atoms with Crippen LogP contribution in [0.3, 0.4) is 0 Å². The summed E-state index contributed by atoms with van der Waals surface area (Å²) in [7, 11) is 0. The summed E-state index contributed by atoms with van der Waals surface area (Å²) in [5, 5.41) is 15.8. The Morgan fingerprint density at radius 3 is 2.71 bits per heavy atom. The molecular weight excluding hydrogens is 440 g/mol. The fourth-order valence-corrected chi connectivity index (χ4v) is 6.95. The van der Waals surface area contributed by atoms with Gasteiger partial charge in [-0.25, -0.2) is 4.98 Å². The van der Waals surface area contributed by atoms with Crippen LogP contribution in [0, 0.1) is 6.92 Å². The highest BCUT2D eigenvalue weighted by Gasteiger charge is 2.22. The van der Waals surface area contributed by atoms with Crippen molar-refractivity contribution in [1.29, 1.82) is 0 Å². The van der Waals surface area contributed by atoms with E-state index in [2.05, 4.69) is 63.6 Å². The summed E-state index contributed by atoms with van der Waals surface area (Å²) in [5.74, 6) is 1.86. The molecule has 4 aromatic rings. The molecule has 0 spiro atoms. The van der Waals surface area contributed by atoms with Gasteiger partial charge < -0.3 is 4.57 Å². The van der Waals surface area contributed by atoms with Crippen molar-refractivity contribution in [3.8, 4) is 22.0 Å². The van der Waals surface area contributed by atoms with Crippen LogP contribution < -0.4 is 0 Å². The van der Waals surface area contributed by atoms with Crippen LogP contribution in [0.4, 0.5) is 0 Å². The molecule has 31 heavy (non-hydrogen) atoms. The Labute approximate surface area is 195 Å². The van der Waals surface area contributed by atoms with Gasteiger partial charge in [-0.15, -0.1) is 32.9 Å². The van der Waals surface area contributed by atoms with E-state index < -0.39 is 0 Å². The van der Waals surface area contributed by atoms with E-state index in [9.17, 15) is 0 Å². The van der Waals surface area contributed by atoms with E-state index in [0.717, 1.165) is 40.4 Å². The number of hydrogen-bond donors (Lipinski definition) is 0. The van der Waals surface area contributed by atoms with Gasteiger partial charge in [0.05, 0.1) is 5.69 Å². The molecule has 0 saturated heterocycles. The summed E-state index contributed by atoms with van der Waals surface area (Å²) in [6, 6.07) is 8.58. The topological polar surface area (TPSA) is 43.6 Å². The zero-order chi connectivity index (χ0) is 21.2. The van der Waals surface area contributed by atoms with E-state index >= 15 is 0 Å². The third kappa shape index (κ3) is 4.36. The summed E-state index contributed by atoms with van der Waals surface area (Å²) in [6.07, 6.45) is 6.06. The van der Waals surface area contributed by atoms with Gasteiger partial charge in [-0.05, 0) is 44.6 Å². The fourth-order valence-electron chi connectivity index (χ4n) is 4.04. The Morgan fingerprint density at radius 2 is 1.87 bits per heavy atom. The Morgan fingerprint density at radius 1 is 1.03 bits per heavy atom. The highest BCUT2D eigenvalue weighted by molar-refractivity contribution is 7.98. The van der Waals surface area contributed by atoms with Crippen molar-refractivity contribution in [3.63, 3.8) is 0 Å². The van der Waals surface area contributed by atoms with Crippen LogP contribution in [0.25, 0.3) is 22.0 Å². The lowest BCUT2D eigenvalue weighted by Crippen LogP contribution is -2.05. The van der Waals surface area contributed by atoms with Crippen LogP contribution in [0.15, 0.2) is 40.2 Å². The van der Waals surface area contributed by atoms with Crippen molar-refractivity contribution in [2.45, 2.75) is 63.4 Å². The van der Waals surface area contributed by atoms with E-state index in [1.807, 2.05) is 11.3 Å². The molecule has 0 unspecified atom stereocenters. The average molecular weight is 467 g/mol. The molecule has 0 aliphatic heterocycles. The van der Waals surface area contributed by atoms with Crippen molar-refractivity contribution < 1.29 is 0 Å². The van der Waals surface area contributed by atoms with Crippen molar-refractivity contribution in [1.82, 2.24) is 19.7 Å². The number of thiophene rings is 1. The SMILES string of the molecule is CCCn1c(SCc2csc(-c3ccc(C)cc3)n2)nnc1-c1csc2c1CCCC2. The van der Waals surface area contributed by atoms with E-state index in [1.165, 1.54) is 47.9 Å². The molecule has 3 heterocycles. The first-order valence-corrected chi connectivity index (χ1v) is 13.6. The lowest BCUT2D eigenvalue weighted by Gasteiger charge is -2.13. The summed E-state index contributed by atoms with van der Waals surface area (Å²) >= 11 is 5.35. The quantitative estimate of drug-likeness (QED) is 0.275. The molecule has 1 aliphatic rings. The van der Waals surface area contributed by atoms with Gasteiger partial charge in [-0.1, -0.05) is 48.5 Å². The summed E-state index contributed by atoms with van der Waals surface area (Å²) < 4.78 is 2.31. The highest BCUT2D eigenvalue weighted by atomic mass is 32.2. The first-order chi connectivity index (χ1) is 15.2. The van der Waals surface area contributed by atoms with Crippen molar-refractivity contribution >= 4 is 34.4 Å². The smallest absolute Gasteiger partial charge is 0.191 e. The Balaban J connectivity index is 1.36. The van der Waals surface area contributed by atoms with Crippen LogP contribution in [-0.2, 0) is 25.1 Å². The Kier molecular flexibility index (Phi) is 6.25. The molecule has 5 rings (SSSR count). The highest BCUT2D eigenvalue weighted by Crippen LogP contribution is 2.37. The number of rotatable bonds is 7. The number of fused-ring (bicyclic) bond motifs is 1. The van der Waals surface area contributed by atoms with E-state index in [4.69, 9.17) is 4.98 Å². The number of nitrogens with zero attached hydrogens (tertiary/aromatic N) is 4. The minimum Gasteiger partial charge on any atom is -0.302 e. The number of hydrogen-bond acceptors (Lipinski definition) is 6. The molecule has 0 amide bonds. The first kappa shape index (κ1) is 20.9. The predicted octanol–water partition coefficient (Wildman–Crippen LogP) is 7.02. The molecule has 4 nitrogen and oxygen atoms in total. The molecule has 3 aromatic heterocycles. The second kappa shape index (κ2) is 9.27. The Hall–Kier alpha value is -1.96. The van der Waals surface area contributed by atoms with Gasteiger partial charge in [-0.2, -0.15) is 0 Å². The summed E-state index contributed by atoms with van der Waals surface area (Å²) in [5.41, 5.74) is 6.38. The summed E-state index contributed by atoms with van der Waals surface area (Å²) in [6.45, 7) is 5.27. The number of thiazole rings is 1. The lowest BCUT2D eigenvalue weighted by atomic mass is 9.95. The molecule has 0 N–H and O–H groups in total. The van der Waals surface area contributed by atoms with E-state index in [1.54, 1.807) is 28.0 Å². The van der Waals surface area contributed by atoms with Gasteiger partial charge in [0, 0.05) is 39.1 Å². The number of thioether (sulfide) groups is 1. The van der Waals surface area contributed by atoms with E-state index in [0.29, 0.717) is 0 Å². The molecular formula is C24H26N4S3. The van der Waals surface area contributed by atoms with Gasteiger partial charge in [0.25, 0.3) is 0 Å². The van der Waals surface area contributed by atoms with E-state index in [-0.39, 0.29) is 0 Å². The van der Waals surface area contributed by atoms with Crippen LogP contribution in [0.2, 0.25) is 0 Å². The zero-order valence-electron chi connectivity index (χ0n) is 17.9. The fraction of sp³-hybridized carbons (Fsp3) is 0.375. The maximum absolute atomic E-state index is 4.86. The molecule has 7 heteroatoms. The molecule has 0 saturated carbocycles. The molecule has 0 atom stereocenters. The molecule has 160 valence electrons. The average Bonchev–Trinajstić information content (AvgIpc) is 3.51. The second-order valence-electron chi connectivity index (χ2n) is 8.01. The number of benzene rings is 1. The van der Waals surface area contributed by atoms with Gasteiger partial charge >= 0.3 is 0 Å². The van der Waals surface area contributed by atoms with Gasteiger partial charge in [-0.3, -0.25) is 0 Å². The maximum atomic E-state index is 4.86. The summed E-state index contributed by atoms with van der Waals surface area (Å²) in [4.78, 5) is 6.41. The third-order valence-electron chi connectivity index (χ3n) is 5.67. The molecule has 1 aliphatic carbocycles. The number of aryl methyl sites for hydroxylation is 2. The van der Waals surface area contributed by atoms with Crippen LogP contribution in [0.5, 0.6) is 0 Å². The van der Waals surface area contributed by atoms with Crippen LogP contribution in [0.1, 0.15) is 47.9 Å². The van der Waals surface area contributed by atoms with Crippen molar-refractivity contribution in [3.05, 3.63) is 56.7 Å². The molecule has 0 bridgehead atoms. The first-order valence-electron chi connectivity index (χ1n) is 10.9. The standard InChI is InChI=1S/C24H26N4S3/c1-3-12-28-22(20-15-29-21-7-5-4-6-19(20)21)26-27-24(28)31-14-18-13-30-23(25-18)17-10-8-16(2)9-11-17/h8-11,13,15H,3-7,12,14H2,1-2H3. The largest absolute Gasteiger partial charge is 0.302 e. The van der Waals surface area contributed by atoms with Gasteiger partial charge in [0.1, 0.15) is 5.01 Å². The van der Waals surface area contributed by atoms with Gasteiger partial charge in [0.15, 0.2) is 11.0 Å². The lowest BCUT2D eigenvalue weighted by molar-refractivity contribution is 0.625. The predicted molar refractivity (Wildman–Crippen MR) is 132 cm³/mol. The van der Waals surface area contributed by atoms with Crippen molar-refractivity contribution in [2.24, 2.45) is 0 Å². The maximum Gasteiger partial charge on any atom is 0.191 e. The third-order valence-corrected chi connectivity index (χ3v) is 8.69. The molecule has 1 aromatic carbocycles. The second-order valence-corrected chi connectivity index (χ2v) is 10.8. The van der Waals surface area contributed by atoms with Crippen molar-refractivity contribution in [2.75, 3.05) is 0 Å². The molecule has 0 fully saturated rings. The van der Waals surface area contributed by atoms with Crippen LogP contribution >= 0.6 is 34.4 Å². The zero-order valence-corrected chi connectivity index (χ0v) is 20.4. The number of aromatic nitrogens is 4.